The second-order valence-corrected chi connectivity index (χ2v) is 11.2. The van der Waals surface area contributed by atoms with E-state index in [-0.39, 0.29) is 24.7 Å². The Bertz CT molecular complexity index is 1160. The average Bonchev–Trinajstić information content (AvgIpc) is 3.11. The Kier molecular flexibility index (Phi) is 8.16. The lowest BCUT2D eigenvalue weighted by Gasteiger charge is -2.29. The molecule has 0 fully saturated rings. The highest BCUT2D eigenvalue weighted by molar-refractivity contribution is 7.90. The van der Waals surface area contributed by atoms with E-state index in [1.165, 1.54) is 0 Å². The van der Waals surface area contributed by atoms with Gasteiger partial charge < -0.3 is 20.1 Å². The first-order valence-corrected chi connectivity index (χ1v) is 13.4. The van der Waals surface area contributed by atoms with Crippen molar-refractivity contribution in [1.82, 2.24) is 10.2 Å². The van der Waals surface area contributed by atoms with Gasteiger partial charge in [0, 0.05) is 18.2 Å². The summed E-state index contributed by atoms with van der Waals surface area (Å²) in [6.07, 6.45) is -0.0537. The molecule has 0 aliphatic heterocycles. The first-order chi connectivity index (χ1) is 16.5. The number of amides is 2. The molecule has 2 aromatic carbocycles. The molecule has 10 heteroatoms. The van der Waals surface area contributed by atoms with Crippen molar-refractivity contribution in [2.24, 2.45) is 0 Å². The standard InChI is InChI=1S/C25H30N2O7S/c1-16(2)27(14-23(28)29)24(30)22(12-13-35(3,32)33)26-25(31)34-15-21-19-10-6-4-8-17(19)18-9-5-7-11-20(18)21/h4-11,16,21-22H,12-15H2,1-3H3,(H,26,31)(H,28,29). The van der Waals surface area contributed by atoms with Crippen LogP contribution in [-0.4, -0.2) is 73.6 Å². The lowest BCUT2D eigenvalue weighted by molar-refractivity contribution is -0.146. The molecule has 0 heterocycles. The van der Waals surface area contributed by atoms with Gasteiger partial charge in [-0.25, -0.2) is 13.2 Å². The van der Waals surface area contributed by atoms with Crippen LogP contribution in [0.2, 0.25) is 0 Å². The molecule has 0 aromatic heterocycles. The summed E-state index contributed by atoms with van der Waals surface area (Å²) in [6, 6.07) is 14.0. The number of aliphatic carboxylic acids is 1. The number of carbonyl (C=O) groups is 3. The van der Waals surface area contributed by atoms with Crippen LogP contribution < -0.4 is 5.32 Å². The van der Waals surface area contributed by atoms with Gasteiger partial charge in [-0.1, -0.05) is 48.5 Å². The van der Waals surface area contributed by atoms with Crippen LogP contribution in [0.15, 0.2) is 48.5 Å². The summed E-state index contributed by atoms with van der Waals surface area (Å²) >= 11 is 0. The maximum Gasteiger partial charge on any atom is 0.407 e. The summed E-state index contributed by atoms with van der Waals surface area (Å²) in [5, 5.41) is 11.6. The lowest BCUT2D eigenvalue weighted by atomic mass is 9.98. The summed E-state index contributed by atoms with van der Waals surface area (Å²) in [4.78, 5) is 38.1. The zero-order chi connectivity index (χ0) is 25.8. The number of fused-ring (bicyclic) bond motifs is 3. The first-order valence-electron chi connectivity index (χ1n) is 11.3. The third-order valence-corrected chi connectivity index (χ3v) is 6.90. The van der Waals surface area contributed by atoms with E-state index in [0.717, 1.165) is 33.4 Å². The van der Waals surface area contributed by atoms with Crippen LogP contribution >= 0.6 is 0 Å². The van der Waals surface area contributed by atoms with E-state index in [1.807, 2.05) is 48.5 Å². The number of carboxylic acids is 1. The third-order valence-electron chi connectivity index (χ3n) is 5.92. The van der Waals surface area contributed by atoms with Crippen molar-refractivity contribution in [2.75, 3.05) is 25.2 Å². The summed E-state index contributed by atoms with van der Waals surface area (Å²) in [6.45, 7) is 2.73. The van der Waals surface area contributed by atoms with Crippen LogP contribution in [0.25, 0.3) is 11.1 Å². The number of nitrogens with one attached hydrogen (secondary N) is 1. The maximum absolute atomic E-state index is 13.1. The Morgan fingerprint density at radius 1 is 1.03 bits per heavy atom. The van der Waals surface area contributed by atoms with Gasteiger partial charge in [0.1, 0.15) is 29.0 Å². The van der Waals surface area contributed by atoms with Crippen molar-refractivity contribution in [2.45, 2.75) is 38.3 Å². The number of ether oxygens (including phenoxy) is 1. The smallest absolute Gasteiger partial charge is 0.407 e. The average molecular weight is 503 g/mol. The summed E-state index contributed by atoms with van der Waals surface area (Å²) in [5.41, 5.74) is 4.19. The molecule has 1 unspecified atom stereocenters. The normalized spacial score (nSPS) is 13.6. The molecule has 3 rings (SSSR count). The molecular weight excluding hydrogens is 472 g/mol. The van der Waals surface area contributed by atoms with Crippen LogP contribution in [-0.2, 0) is 24.2 Å². The first kappa shape index (κ1) is 26.2. The number of carboxylic acid groups (broad SMARTS) is 1. The fourth-order valence-electron chi connectivity index (χ4n) is 4.23. The number of carbonyl (C=O) groups excluding carboxylic acids is 2. The molecule has 0 saturated heterocycles. The second kappa shape index (κ2) is 10.9. The van der Waals surface area contributed by atoms with E-state index >= 15 is 0 Å². The largest absolute Gasteiger partial charge is 0.480 e. The Morgan fingerprint density at radius 3 is 2.06 bits per heavy atom. The molecular formula is C25H30N2O7S. The second-order valence-electron chi connectivity index (χ2n) is 8.89. The molecule has 0 bridgehead atoms. The Morgan fingerprint density at radius 2 is 1.57 bits per heavy atom. The van der Waals surface area contributed by atoms with Gasteiger partial charge in [-0.2, -0.15) is 0 Å². The fraction of sp³-hybridized carbons (Fsp3) is 0.400. The third kappa shape index (κ3) is 6.60. The fourth-order valence-corrected chi connectivity index (χ4v) is 4.90. The predicted molar refractivity (Wildman–Crippen MR) is 131 cm³/mol. The van der Waals surface area contributed by atoms with Crippen molar-refractivity contribution in [3.63, 3.8) is 0 Å². The molecule has 2 N–H and O–H groups in total. The van der Waals surface area contributed by atoms with Gasteiger partial charge in [-0.15, -0.1) is 0 Å². The maximum atomic E-state index is 13.1. The molecule has 2 amide bonds. The van der Waals surface area contributed by atoms with E-state index in [1.54, 1.807) is 13.8 Å². The SMILES string of the molecule is CC(C)N(CC(=O)O)C(=O)C(CCS(C)(=O)=O)NC(=O)OCC1c2ccccc2-c2ccccc21. The van der Waals surface area contributed by atoms with E-state index < -0.39 is 46.4 Å². The van der Waals surface area contributed by atoms with Crippen molar-refractivity contribution >= 4 is 27.8 Å². The summed E-state index contributed by atoms with van der Waals surface area (Å²) in [7, 11) is -3.43. The number of sulfone groups is 1. The predicted octanol–water partition coefficient (Wildman–Crippen LogP) is 2.65. The van der Waals surface area contributed by atoms with Crippen LogP contribution in [0.3, 0.4) is 0 Å². The van der Waals surface area contributed by atoms with Gasteiger partial charge in [0.25, 0.3) is 0 Å². The minimum atomic E-state index is -3.43. The molecule has 1 atom stereocenters. The minimum Gasteiger partial charge on any atom is -0.480 e. The number of benzene rings is 2. The number of rotatable bonds is 10. The van der Waals surface area contributed by atoms with E-state index in [4.69, 9.17) is 9.84 Å². The molecule has 0 spiro atoms. The van der Waals surface area contributed by atoms with Crippen LogP contribution in [0.4, 0.5) is 4.79 Å². The zero-order valence-electron chi connectivity index (χ0n) is 19.9. The van der Waals surface area contributed by atoms with Crippen LogP contribution in [0, 0.1) is 0 Å². The minimum absolute atomic E-state index is 0.0237. The molecule has 35 heavy (non-hydrogen) atoms. The quantitative estimate of drug-likeness (QED) is 0.511. The molecule has 1 aliphatic rings. The molecule has 0 radical (unpaired) electrons. The highest BCUT2D eigenvalue weighted by Gasteiger charge is 2.32. The van der Waals surface area contributed by atoms with Gasteiger partial charge in [-0.05, 0) is 42.5 Å². The van der Waals surface area contributed by atoms with Crippen molar-refractivity contribution < 1.29 is 32.6 Å². The van der Waals surface area contributed by atoms with Crippen molar-refractivity contribution in [3.05, 3.63) is 59.7 Å². The Labute approximate surface area is 205 Å². The monoisotopic (exact) mass is 502 g/mol. The van der Waals surface area contributed by atoms with E-state index in [0.29, 0.717) is 0 Å². The van der Waals surface area contributed by atoms with Crippen LogP contribution in [0.1, 0.15) is 37.3 Å². The summed E-state index contributed by atoms with van der Waals surface area (Å²) in [5.74, 6) is -2.43. The topological polar surface area (TPSA) is 130 Å². The molecule has 0 saturated carbocycles. The number of alkyl carbamates (subject to hydrolysis) is 1. The molecule has 1 aliphatic carbocycles. The Balaban J connectivity index is 1.74. The van der Waals surface area contributed by atoms with Gasteiger partial charge in [0.15, 0.2) is 0 Å². The molecule has 188 valence electrons. The lowest BCUT2D eigenvalue weighted by Crippen LogP contribution is -2.52. The van der Waals surface area contributed by atoms with Crippen LogP contribution in [0.5, 0.6) is 0 Å². The van der Waals surface area contributed by atoms with Crippen molar-refractivity contribution in [3.8, 4) is 11.1 Å². The van der Waals surface area contributed by atoms with E-state index in [9.17, 15) is 22.8 Å². The summed E-state index contributed by atoms with van der Waals surface area (Å²) < 4.78 is 28.9. The highest BCUT2D eigenvalue weighted by atomic mass is 32.2. The molecule has 9 nitrogen and oxygen atoms in total. The van der Waals surface area contributed by atoms with Gasteiger partial charge in [-0.3, -0.25) is 9.59 Å². The number of nitrogens with zero attached hydrogens (tertiary/aromatic N) is 1. The van der Waals surface area contributed by atoms with E-state index in [2.05, 4.69) is 5.32 Å². The Hall–Kier alpha value is -3.40. The van der Waals surface area contributed by atoms with Gasteiger partial charge in [0.05, 0.1) is 5.75 Å². The number of hydrogen-bond donors (Lipinski definition) is 2. The number of hydrogen-bond acceptors (Lipinski definition) is 6. The highest BCUT2D eigenvalue weighted by Crippen LogP contribution is 2.44. The molecule has 2 aromatic rings. The van der Waals surface area contributed by atoms with Gasteiger partial charge >= 0.3 is 12.1 Å². The zero-order valence-corrected chi connectivity index (χ0v) is 20.7. The van der Waals surface area contributed by atoms with Crippen molar-refractivity contribution in [1.29, 1.82) is 0 Å². The van der Waals surface area contributed by atoms with Gasteiger partial charge in [0.2, 0.25) is 5.91 Å².